The van der Waals surface area contributed by atoms with Crippen LogP contribution in [-0.2, 0) is 12.4 Å². The number of hydrogen-bond acceptors (Lipinski definition) is 1. The number of rotatable bonds is 1. The van der Waals surface area contributed by atoms with Gasteiger partial charge in [0.25, 0.3) is 0 Å². The third-order valence-electron chi connectivity index (χ3n) is 2.47. The summed E-state index contributed by atoms with van der Waals surface area (Å²) in [5, 5.41) is 5.65. The van der Waals surface area contributed by atoms with Crippen LogP contribution in [0.3, 0.4) is 0 Å². The lowest BCUT2D eigenvalue weighted by Gasteiger charge is -2.13. The van der Waals surface area contributed by atoms with Gasteiger partial charge in [0.2, 0.25) is 0 Å². The molecule has 1 aromatic heterocycles. The molecule has 108 valence electrons. The molecule has 2 aromatic rings. The molecule has 0 amide bonds. The lowest BCUT2D eigenvalue weighted by Crippen LogP contribution is -2.11. The number of halogens is 7. The summed E-state index contributed by atoms with van der Waals surface area (Å²) in [5.41, 5.74) is -3.26. The van der Waals surface area contributed by atoms with Gasteiger partial charge in [0.1, 0.15) is 0 Å². The van der Waals surface area contributed by atoms with Crippen molar-refractivity contribution in [2.24, 2.45) is 0 Å². The van der Waals surface area contributed by atoms with Crippen molar-refractivity contribution in [3.05, 3.63) is 40.5 Å². The number of benzene rings is 1. The molecular weight excluding hydrogens is 310 g/mol. The molecule has 0 aliphatic carbocycles. The van der Waals surface area contributed by atoms with Gasteiger partial charge in [-0.3, -0.25) is 5.10 Å². The van der Waals surface area contributed by atoms with Crippen LogP contribution in [0.4, 0.5) is 26.3 Å². The first kappa shape index (κ1) is 14.7. The molecule has 1 N–H and O–H groups in total. The Bertz CT molecular complexity index is 596. The van der Waals surface area contributed by atoms with Gasteiger partial charge in [-0.25, -0.2) is 0 Å². The van der Waals surface area contributed by atoms with E-state index in [1.807, 2.05) is 0 Å². The quantitative estimate of drug-likeness (QED) is 0.755. The number of H-pyrrole nitrogens is 1. The van der Waals surface area contributed by atoms with Crippen molar-refractivity contribution in [1.29, 1.82) is 0 Å². The Labute approximate surface area is 113 Å². The van der Waals surface area contributed by atoms with Crippen LogP contribution in [0, 0.1) is 0 Å². The second-order valence-electron chi connectivity index (χ2n) is 3.89. The van der Waals surface area contributed by atoms with Crippen LogP contribution in [0.1, 0.15) is 11.1 Å². The number of nitrogens with zero attached hydrogens (tertiary/aromatic N) is 1. The largest absolute Gasteiger partial charge is 0.416 e. The Hall–Kier alpha value is -1.70. The standard InChI is InChI=1S/C11H5ClF6N2/c12-8-4-19-20-9(8)5-1-6(10(13,14)15)3-7(2-5)11(16,17)18/h1-4H,(H,19,20). The molecule has 1 aromatic carbocycles. The zero-order chi connectivity index (χ0) is 15.1. The van der Waals surface area contributed by atoms with Gasteiger partial charge in [0, 0.05) is 5.56 Å². The Morgan fingerprint density at radius 1 is 0.900 bits per heavy atom. The smallest absolute Gasteiger partial charge is 0.276 e. The molecule has 0 saturated heterocycles. The summed E-state index contributed by atoms with van der Waals surface area (Å²) in [6.45, 7) is 0. The zero-order valence-electron chi connectivity index (χ0n) is 9.40. The molecule has 1 heterocycles. The average molecular weight is 315 g/mol. The van der Waals surface area contributed by atoms with E-state index in [4.69, 9.17) is 11.6 Å². The molecule has 0 aliphatic rings. The van der Waals surface area contributed by atoms with E-state index >= 15 is 0 Å². The van der Waals surface area contributed by atoms with E-state index in [9.17, 15) is 26.3 Å². The topological polar surface area (TPSA) is 28.7 Å². The van der Waals surface area contributed by atoms with Crippen LogP contribution in [-0.4, -0.2) is 10.2 Å². The molecular formula is C11H5ClF6N2. The number of hydrogen-bond donors (Lipinski definition) is 1. The van der Waals surface area contributed by atoms with Gasteiger partial charge >= 0.3 is 12.4 Å². The predicted molar refractivity (Wildman–Crippen MR) is 59.0 cm³/mol. The summed E-state index contributed by atoms with van der Waals surface area (Å²) >= 11 is 5.65. The van der Waals surface area contributed by atoms with Crippen LogP contribution >= 0.6 is 11.6 Å². The highest BCUT2D eigenvalue weighted by atomic mass is 35.5. The Balaban J connectivity index is 2.67. The predicted octanol–water partition coefficient (Wildman–Crippen LogP) is 4.77. The number of nitrogens with one attached hydrogen (secondary N) is 1. The highest BCUT2D eigenvalue weighted by Crippen LogP contribution is 2.39. The molecule has 2 nitrogen and oxygen atoms in total. The second kappa shape index (κ2) is 4.69. The normalized spacial score (nSPS) is 12.8. The van der Waals surface area contributed by atoms with Gasteiger partial charge in [-0.15, -0.1) is 0 Å². The number of aromatic amines is 1. The lowest BCUT2D eigenvalue weighted by atomic mass is 10.0. The van der Waals surface area contributed by atoms with Crippen LogP contribution in [0.2, 0.25) is 5.02 Å². The molecule has 9 heteroatoms. The Kier molecular flexibility index (Phi) is 3.45. The maximum atomic E-state index is 12.7. The Morgan fingerprint density at radius 3 is 1.75 bits per heavy atom. The van der Waals surface area contributed by atoms with Crippen LogP contribution < -0.4 is 0 Å². The minimum Gasteiger partial charge on any atom is -0.276 e. The molecule has 0 spiro atoms. The first-order chi connectivity index (χ1) is 9.09. The van der Waals surface area contributed by atoms with E-state index in [0.29, 0.717) is 12.1 Å². The summed E-state index contributed by atoms with van der Waals surface area (Å²) in [7, 11) is 0. The van der Waals surface area contributed by atoms with Crippen molar-refractivity contribution < 1.29 is 26.3 Å². The van der Waals surface area contributed by atoms with Crippen molar-refractivity contribution in [2.75, 3.05) is 0 Å². The molecule has 0 bridgehead atoms. The Morgan fingerprint density at radius 2 is 1.40 bits per heavy atom. The van der Waals surface area contributed by atoms with E-state index in [2.05, 4.69) is 10.2 Å². The van der Waals surface area contributed by atoms with E-state index in [0.717, 1.165) is 6.20 Å². The van der Waals surface area contributed by atoms with Gasteiger partial charge in [0.15, 0.2) is 0 Å². The van der Waals surface area contributed by atoms with E-state index in [1.165, 1.54) is 0 Å². The monoisotopic (exact) mass is 314 g/mol. The highest BCUT2D eigenvalue weighted by molar-refractivity contribution is 6.32. The van der Waals surface area contributed by atoms with E-state index in [-0.39, 0.29) is 22.3 Å². The molecule has 0 aliphatic heterocycles. The van der Waals surface area contributed by atoms with Crippen molar-refractivity contribution >= 4 is 11.6 Å². The van der Waals surface area contributed by atoms with Crippen molar-refractivity contribution in [3.63, 3.8) is 0 Å². The van der Waals surface area contributed by atoms with Crippen LogP contribution in [0.25, 0.3) is 11.3 Å². The van der Waals surface area contributed by atoms with E-state index < -0.39 is 23.5 Å². The summed E-state index contributed by atoms with van der Waals surface area (Å²) in [4.78, 5) is 0. The van der Waals surface area contributed by atoms with Gasteiger partial charge in [-0.1, -0.05) is 11.6 Å². The zero-order valence-corrected chi connectivity index (χ0v) is 10.2. The molecule has 0 radical (unpaired) electrons. The average Bonchev–Trinajstić information content (AvgIpc) is 2.72. The fourth-order valence-electron chi connectivity index (χ4n) is 1.57. The van der Waals surface area contributed by atoms with Gasteiger partial charge in [0.05, 0.1) is 28.0 Å². The third-order valence-corrected chi connectivity index (χ3v) is 2.76. The SMILES string of the molecule is FC(F)(F)c1cc(-c2[nH]ncc2Cl)cc(C(F)(F)F)c1. The molecule has 2 rings (SSSR count). The summed E-state index contributed by atoms with van der Waals surface area (Å²) in [6.07, 6.45) is -8.71. The van der Waals surface area contributed by atoms with Gasteiger partial charge < -0.3 is 0 Å². The second-order valence-corrected chi connectivity index (χ2v) is 4.29. The first-order valence-electron chi connectivity index (χ1n) is 5.08. The molecule has 0 atom stereocenters. The number of aromatic nitrogens is 2. The van der Waals surface area contributed by atoms with Crippen LogP contribution in [0.5, 0.6) is 0 Å². The third kappa shape index (κ3) is 2.90. The molecule has 20 heavy (non-hydrogen) atoms. The van der Waals surface area contributed by atoms with Crippen molar-refractivity contribution in [3.8, 4) is 11.3 Å². The fraction of sp³-hybridized carbons (Fsp3) is 0.182. The van der Waals surface area contributed by atoms with Gasteiger partial charge in [-0.05, 0) is 18.2 Å². The van der Waals surface area contributed by atoms with Crippen LogP contribution in [0.15, 0.2) is 24.4 Å². The molecule has 0 unspecified atom stereocenters. The summed E-state index contributed by atoms with van der Waals surface area (Å²) < 4.78 is 75.9. The maximum Gasteiger partial charge on any atom is 0.416 e. The lowest BCUT2D eigenvalue weighted by molar-refractivity contribution is -0.143. The minimum absolute atomic E-state index is 0.0494. The molecule has 0 fully saturated rings. The highest BCUT2D eigenvalue weighted by Gasteiger charge is 2.37. The van der Waals surface area contributed by atoms with Crippen molar-refractivity contribution in [2.45, 2.75) is 12.4 Å². The van der Waals surface area contributed by atoms with Gasteiger partial charge in [-0.2, -0.15) is 31.4 Å². The fourth-order valence-corrected chi connectivity index (χ4v) is 1.77. The molecule has 0 saturated carbocycles. The maximum absolute atomic E-state index is 12.7. The summed E-state index contributed by atoms with van der Waals surface area (Å²) in [5.74, 6) is 0. The number of alkyl halides is 6. The first-order valence-corrected chi connectivity index (χ1v) is 5.45. The minimum atomic E-state index is -4.90. The summed E-state index contributed by atoms with van der Waals surface area (Å²) in [6, 6.07) is 1.21. The van der Waals surface area contributed by atoms with E-state index in [1.54, 1.807) is 0 Å². The van der Waals surface area contributed by atoms with Crippen molar-refractivity contribution in [1.82, 2.24) is 10.2 Å².